The van der Waals surface area contributed by atoms with Crippen LogP contribution in [0, 0.1) is 0 Å². The first-order valence-electron chi connectivity index (χ1n) is 3.41. The van der Waals surface area contributed by atoms with Crippen LogP contribution in [-0.4, -0.2) is 10.5 Å². The van der Waals surface area contributed by atoms with E-state index < -0.39 is 5.97 Å². The van der Waals surface area contributed by atoms with Crippen molar-refractivity contribution in [1.29, 1.82) is 0 Å². The molecular weight excluding hydrogens is 154 g/mol. The van der Waals surface area contributed by atoms with Crippen LogP contribution in [0.2, 0.25) is 0 Å². The Balaban J connectivity index is 2.80. The molecule has 3 heteroatoms. The second-order valence-corrected chi connectivity index (χ2v) is 2.06. The van der Waals surface area contributed by atoms with Gasteiger partial charge in [0, 0.05) is 24.5 Å². The first kappa shape index (κ1) is 8.33. The fourth-order valence-electron chi connectivity index (χ4n) is 0.760. The molecule has 12 heavy (non-hydrogen) atoms. The summed E-state index contributed by atoms with van der Waals surface area (Å²) < 4.78 is 6.46. The van der Waals surface area contributed by atoms with Gasteiger partial charge >= 0.3 is 5.97 Å². The van der Waals surface area contributed by atoms with Crippen LogP contribution >= 0.6 is 0 Å². The Kier molecular flexibility index (Phi) is 2.48. The Morgan fingerprint density at radius 1 is 1.58 bits per heavy atom. The van der Waals surface area contributed by atoms with Crippen LogP contribution in [0.15, 0.2) is 37.6 Å². The third-order valence-corrected chi connectivity index (χ3v) is 1.31. The van der Waals surface area contributed by atoms with Gasteiger partial charge in [-0.15, -0.1) is 0 Å². The number of aromatic nitrogens is 1. The number of rotatable bonds is 3. The fraction of sp³-hybridized carbons (Fsp3) is 0. The van der Waals surface area contributed by atoms with E-state index >= 15 is 0 Å². The summed E-state index contributed by atoms with van der Waals surface area (Å²) in [4.78, 5) is 10.8. The first-order valence-corrected chi connectivity index (χ1v) is 3.41. The highest BCUT2D eigenvalue weighted by Gasteiger charge is 2.02. The Hall–Kier alpha value is -1.77. The number of hydrogen-bond donors (Lipinski definition) is 0. The van der Waals surface area contributed by atoms with E-state index in [9.17, 15) is 4.79 Å². The molecule has 0 radical (unpaired) electrons. The lowest BCUT2D eigenvalue weighted by Crippen LogP contribution is -2.05. The summed E-state index contributed by atoms with van der Waals surface area (Å²) in [6.45, 7) is 6.83. The van der Waals surface area contributed by atoms with Crippen LogP contribution in [-0.2, 0) is 4.79 Å². The van der Waals surface area contributed by atoms with E-state index in [0.717, 1.165) is 6.08 Å². The summed E-state index contributed by atoms with van der Waals surface area (Å²) in [5.41, 5.74) is 0. The molecule has 0 aromatic carbocycles. The van der Waals surface area contributed by atoms with Crippen LogP contribution in [0.1, 0.15) is 0 Å². The molecular formula is C9H9NO2. The van der Waals surface area contributed by atoms with Crippen LogP contribution in [0.5, 0.6) is 5.88 Å². The van der Waals surface area contributed by atoms with E-state index in [1.165, 1.54) is 0 Å². The molecule has 0 saturated carbocycles. The van der Waals surface area contributed by atoms with E-state index in [0.29, 0.717) is 5.88 Å². The molecule has 0 fully saturated rings. The molecule has 3 nitrogen and oxygen atoms in total. The summed E-state index contributed by atoms with van der Waals surface area (Å²) >= 11 is 0. The van der Waals surface area contributed by atoms with Gasteiger partial charge in [-0.25, -0.2) is 4.79 Å². The summed E-state index contributed by atoms with van der Waals surface area (Å²) in [5.74, 6) is -0.0355. The predicted molar refractivity (Wildman–Crippen MR) is 46.7 cm³/mol. The highest BCUT2D eigenvalue weighted by atomic mass is 16.5. The van der Waals surface area contributed by atoms with Crippen molar-refractivity contribution in [3.8, 4) is 5.88 Å². The van der Waals surface area contributed by atoms with Crippen molar-refractivity contribution < 1.29 is 9.53 Å². The Morgan fingerprint density at radius 3 is 2.92 bits per heavy atom. The smallest absolute Gasteiger partial charge is 0.336 e. The zero-order valence-corrected chi connectivity index (χ0v) is 6.56. The van der Waals surface area contributed by atoms with Crippen LogP contribution in [0.25, 0.3) is 6.20 Å². The maximum absolute atomic E-state index is 10.8. The fourth-order valence-corrected chi connectivity index (χ4v) is 0.760. The number of carbonyl (C=O) groups is 1. The molecule has 0 bridgehead atoms. The van der Waals surface area contributed by atoms with Crippen molar-refractivity contribution in [1.82, 2.24) is 4.57 Å². The SMILES string of the molecule is C=CC(=O)Oc1cccn1C=C. The third-order valence-electron chi connectivity index (χ3n) is 1.31. The molecule has 1 heterocycles. The van der Waals surface area contributed by atoms with Crippen molar-refractivity contribution in [3.63, 3.8) is 0 Å². The summed E-state index contributed by atoms with van der Waals surface area (Å²) in [7, 11) is 0. The van der Waals surface area contributed by atoms with Gasteiger partial charge in [-0.05, 0) is 6.07 Å². The van der Waals surface area contributed by atoms with Crippen molar-refractivity contribution in [2.24, 2.45) is 0 Å². The van der Waals surface area contributed by atoms with Gasteiger partial charge in [0.2, 0.25) is 5.88 Å². The van der Waals surface area contributed by atoms with Gasteiger partial charge in [-0.2, -0.15) is 0 Å². The average Bonchev–Trinajstić information content (AvgIpc) is 2.51. The minimum atomic E-state index is -0.475. The largest absolute Gasteiger partial charge is 0.406 e. The summed E-state index contributed by atoms with van der Waals surface area (Å²) in [6.07, 6.45) is 4.39. The third kappa shape index (κ3) is 1.63. The zero-order valence-electron chi connectivity index (χ0n) is 6.56. The molecule has 0 aliphatic carbocycles. The Morgan fingerprint density at radius 2 is 2.33 bits per heavy atom. The second kappa shape index (κ2) is 3.57. The highest BCUT2D eigenvalue weighted by Crippen LogP contribution is 2.11. The van der Waals surface area contributed by atoms with Gasteiger partial charge in [0.25, 0.3) is 0 Å². The van der Waals surface area contributed by atoms with E-state index in [1.54, 1.807) is 29.1 Å². The van der Waals surface area contributed by atoms with Crippen molar-refractivity contribution in [3.05, 3.63) is 37.6 Å². The van der Waals surface area contributed by atoms with E-state index in [-0.39, 0.29) is 0 Å². The Bertz CT molecular complexity index is 312. The molecule has 1 aromatic heterocycles. The zero-order chi connectivity index (χ0) is 8.97. The van der Waals surface area contributed by atoms with E-state index in [1.807, 2.05) is 0 Å². The first-order chi connectivity index (χ1) is 5.77. The van der Waals surface area contributed by atoms with Crippen LogP contribution in [0.3, 0.4) is 0 Å². The molecule has 0 saturated heterocycles. The molecule has 0 aliphatic rings. The van der Waals surface area contributed by atoms with Crippen molar-refractivity contribution in [2.75, 3.05) is 0 Å². The van der Waals surface area contributed by atoms with Crippen molar-refractivity contribution in [2.45, 2.75) is 0 Å². The summed E-state index contributed by atoms with van der Waals surface area (Å²) in [6, 6.07) is 3.43. The van der Waals surface area contributed by atoms with Gasteiger partial charge in [-0.1, -0.05) is 13.2 Å². The molecule has 0 unspecified atom stereocenters. The summed E-state index contributed by atoms with van der Waals surface area (Å²) in [5, 5.41) is 0. The number of carbonyl (C=O) groups excluding carboxylic acids is 1. The van der Waals surface area contributed by atoms with Gasteiger partial charge in [0.05, 0.1) is 0 Å². The standard InChI is InChI=1S/C9H9NO2/c1-3-9(11)12-8-6-5-7-10(8)4-2/h3-7H,1-2H2. The number of ether oxygens (including phenoxy) is 1. The van der Waals surface area contributed by atoms with Crippen molar-refractivity contribution >= 4 is 12.2 Å². The minimum absolute atomic E-state index is 0.440. The molecule has 0 atom stereocenters. The molecule has 0 spiro atoms. The molecule has 0 aliphatic heterocycles. The molecule has 0 N–H and O–H groups in total. The van der Waals surface area contributed by atoms with Gasteiger partial charge in [-0.3, -0.25) is 4.57 Å². The number of nitrogens with zero attached hydrogens (tertiary/aromatic N) is 1. The highest BCUT2D eigenvalue weighted by molar-refractivity contribution is 5.83. The maximum Gasteiger partial charge on any atom is 0.336 e. The van der Waals surface area contributed by atoms with Gasteiger partial charge in [0.1, 0.15) is 0 Å². The van der Waals surface area contributed by atoms with Gasteiger partial charge in [0.15, 0.2) is 0 Å². The number of hydrogen-bond acceptors (Lipinski definition) is 2. The molecule has 0 amide bonds. The van der Waals surface area contributed by atoms with Gasteiger partial charge < -0.3 is 4.74 Å². The normalized spacial score (nSPS) is 9.00. The number of esters is 1. The van der Waals surface area contributed by atoms with Crippen LogP contribution < -0.4 is 4.74 Å². The van der Waals surface area contributed by atoms with E-state index in [2.05, 4.69) is 13.2 Å². The Labute approximate surface area is 70.6 Å². The second-order valence-electron chi connectivity index (χ2n) is 2.06. The molecule has 1 aromatic rings. The lowest BCUT2D eigenvalue weighted by molar-refractivity contribution is -0.129. The minimum Gasteiger partial charge on any atom is -0.406 e. The maximum atomic E-state index is 10.8. The lowest BCUT2D eigenvalue weighted by Gasteiger charge is -2.01. The molecule has 1 rings (SSSR count). The average molecular weight is 163 g/mol. The van der Waals surface area contributed by atoms with E-state index in [4.69, 9.17) is 4.74 Å². The predicted octanol–water partition coefficient (Wildman–Crippen LogP) is 1.68. The monoisotopic (exact) mass is 163 g/mol. The quantitative estimate of drug-likeness (QED) is 0.501. The van der Waals surface area contributed by atoms with Crippen LogP contribution in [0.4, 0.5) is 0 Å². The lowest BCUT2D eigenvalue weighted by atomic mass is 10.6. The molecule has 62 valence electrons. The topological polar surface area (TPSA) is 31.2 Å².